The summed E-state index contributed by atoms with van der Waals surface area (Å²) in [6.07, 6.45) is 2.80. The zero-order chi connectivity index (χ0) is 16.1. The van der Waals surface area contributed by atoms with Crippen molar-refractivity contribution in [1.82, 2.24) is 0 Å². The molecule has 0 saturated heterocycles. The second-order valence-electron chi connectivity index (χ2n) is 4.98. The first-order chi connectivity index (χ1) is 10.5. The van der Waals surface area contributed by atoms with Crippen LogP contribution in [-0.2, 0) is 0 Å². The van der Waals surface area contributed by atoms with Crippen molar-refractivity contribution in [2.24, 2.45) is 0 Å². The largest absolute Gasteiger partial charge is 0.478 e. The molecule has 0 aromatic heterocycles. The van der Waals surface area contributed by atoms with Crippen LogP contribution in [0.1, 0.15) is 52.5 Å². The summed E-state index contributed by atoms with van der Waals surface area (Å²) in [6, 6.07) is 7.67. The van der Waals surface area contributed by atoms with Crippen LogP contribution in [0, 0.1) is 11.8 Å². The first-order valence-electron chi connectivity index (χ1n) is 7.06. The van der Waals surface area contributed by atoms with Crippen molar-refractivity contribution in [3.05, 3.63) is 47.0 Å². The fourth-order valence-corrected chi connectivity index (χ4v) is 2.18. The molecule has 4 heteroatoms. The molecule has 0 atom stereocenters. The number of carbonyl (C=O) groups is 2. The highest BCUT2D eigenvalue weighted by Gasteiger charge is 2.12. The van der Waals surface area contributed by atoms with Crippen LogP contribution in [0.15, 0.2) is 30.3 Å². The van der Waals surface area contributed by atoms with Crippen molar-refractivity contribution in [2.45, 2.75) is 26.2 Å². The third kappa shape index (κ3) is 3.44. The Morgan fingerprint density at radius 3 is 2.50 bits per heavy atom. The molecule has 0 spiro atoms. The van der Waals surface area contributed by atoms with Gasteiger partial charge in [0.05, 0.1) is 11.1 Å². The monoisotopic (exact) mass is 296 g/mol. The Labute approximate surface area is 128 Å². The van der Waals surface area contributed by atoms with E-state index in [1.807, 2.05) is 0 Å². The quantitative estimate of drug-likeness (QED) is 0.665. The van der Waals surface area contributed by atoms with E-state index < -0.39 is 11.9 Å². The molecule has 0 unspecified atom stereocenters. The number of hydrogen-bond donors (Lipinski definition) is 2. The summed E-state index contributed by atoms with van der Waals surface area (Å²) in [5.74, 6) is 3.87. The van der Waals surface area contributed by atoms with Crippen LogP contribution >= 0.6 is 0 Å². The van der Waals surface area contributed by atoms with Crippen LogP contribution < -0.4 is 0 Å². The molecule has 0 saturated carbocycles. The molecule has 0 fully saturated rings. The van der Waals surface area contributed by atoms with E-state index in [2.05, 4.69) is 18.8 Å². The summed E-state index contributed by atoms with van der Waals surface area (Å²) in [7, 11) is 0. The lowest BCUT2D eigenvalue weighted by atomic mass is 9.99. The predicted molar refractivity (Wildman–Crippen MR) is 84.3 cm³/mol. The lowest BCUT2D eigenvalue weighted by Gasteiger charge is -2.05. The van der Waals surface area contributed by atoms with Crippen LogP contribution in [0.2, 0.25) is 0 Å². The van der Waals surface area contributed by atoms with Gasteiger partial charge in [-0.15, -0.1) is 0 Å². The minimum Gasteiger partial charge on any atom is -0.478 e. The number of carboxylic acids is 2. The van der Waals surface area contributed by atoms with E-state index in [4.69, 9.17) is 5.11 Å². The number of hydrogen-bond acceptors (Lipinski definition) is 2. The number of carboxylic acid groups (broad SMARTS) is 2. The van der Waals surface area contributed by atoms with Gasteiger partial charge in [0.2, 0.25) is 0 Å². The third-order valence-electron chi connectivity index (χ3n) is 3.32. The molecule has 2 N–H and O–H groups in total. The molecule has 0 aliphatic heterocycles. The van der Waals surface area contributed by atoms with Gasteiger partial charge in [-0.05, 0) is 41.5 Å². The molecule has 112 valence electrons. The molecule has 0 heterocycles. The van der Waals surface area contributed by atoms with Crippen LogP contribution in [0.5, 0.6) is 0 Å². The molecule has 0 aliphatic rings. The SMILES string of the molecule is CCCCC#Cc1cc(C(=O)O)c2ccc(C(=O)O)cc2c1. The number of aromatic carboxylic acids is 2. The van der Waals surface area contributed by atoms with Gasteiger partial charge in [-0.1, -0.05) is 31.3 Å². The van der Waals surface area contributed by atoms with Gasteiger partial charge in [-0.2, -0.15) is 0 Å². The number of benzene rings is 2. The van der Waals surface area contributed by atoms with Crippen LogP contribution in [-0.4, -0.2) is 22.2 Å². The summed E-state index contributed by atoms with van der Waals surface area (Å²) < 4.78 is 0. The highest BCUT2D eigenvalue weighted by Crippen LogP contribution is 2.23. The second kappa shape index (κ2) is 6.77. The average molecular weight is 296 g/mol. The summed E-state index contributed by atoms with van der Waals surface area (Å²) in [5, 5.41) is 19.5. The highest BCUT2D eigenvalue weighted by atomic mass is 16.4. The van der Waals surface area contributed by atoms with E-state index in [9.17, 15) is 14.7 Å². The maximum absolute atomic E-state index is 11.4. The molecule has 2 aromatic carbocycles. The number of rotatable bonds is 4. The second-order valence-corrected chi connectivity index (χ2v) is 4.98. The third-order valence-corrected chi connectivity index (χ3v) is 3.32. The normalized spacial score (nSPS) is 10.0. The molecular weight excluding hydrogens is 280 g/mol. The van der Waals surface area contributed by atoms with Crippen molar-refractivity contribution >= 4 is 22.7 Å². The Bertz CT molecular complexity index is 794. The minimum absolute atomic E-state index is 0.125. The van der Waals surface area contributed by atoms with Gasteiger partial charge in [0.15, 0.2) is 0 Å². The van der Waals surface area contributed by atoms with Crippen LogP contribution in [0.4, 0.5) is 0 Å². The topological polar surface area (TPSA) is 74.6 Å². The fourth-order valence-electron chi connectivity index (χ4n) is 2.18. The first kappa shape index (κ1) is 15.6. The van der Waals surface area contributed by atoms with E-state index in [-0.39, 0.29) is 11.1 Å². The molecule has 2 aromatic rings. The maximum Gasteiger partial charge on any atom is 0.336 e. The molecule has 4 nitrogen and oxygen atoms in total. The Morgan fingerprint density at radius 2 is 1.86 bits per heavy atom. The summed E-state index contributed by atoms with van der Waals surface area (Å²) in [4.78, 5) is 22.4. The van der Waals surface area contributed by atoms with Gasteiger partial charge >= 0.3 is 11.9 Å². The fraction of sp³-hybridized carbons (Fsp3) is 0.222. The van der Waals surface area contributed by atoms with Crippen molar-refractivity contribution in [2.75, 3.05) is 0 Å². The Kier molecular flexibility index (Phi) is 4.80. The summed E-state index contributed by atoms with van der Waals surface area (Å²) in [6.45, 7) is 2.08. The molecule has 0 radical (unpaired) electrons. The summed E-state index contributed by atoms with van der Waals surface area (Å²) in [5.41, 5.74) is 0.845. The average Bonchev–Trinajstić information content (AvgIpc) is 2.50. The van der Waals surface area contributed by atoms with E-state index in [0.717, 1.165) is 19.3 Å². The van der Waals surface area contributed by atoms with Crippen LogP contribution in [0.3, 0.4) is 0 Å². The molecule has 22 heavy (non-hydrogen) atoms. The van der Waals surface area contributed by atoms with E-state index in [1.165, 1.54) is 24.3 Å². The zero-order valence-corrected chi connectivity index (χ0v) is 12.2. The van der Waals surface area contributed by atoms with Crippen molar-refractivity contribution in [3.63, 3.8) is 0 Å². The van der Waals surface area contributed by atoms with Gasteiger partial charge in [-0.25, -0.2) is 9.59 Å². The van der Waals surface area contributed by atoms with Crippen molar-refractivity contribution < 1.29 is 19.8 Å². The lowest BCUT2D eigenvalue weighted by Crippen LogP contribution is -2.00. The Hall–Kier alpha value is -2.80. The van der Waals surface area contributed by atoms with Crippen molar-refractivity contribution in [3.8, 4) is 11.8 Å². The Morgan fingerprint density at radius 1 is 1.09 bits per heavy atom. The van der Waals surface area contributed by atoms with Crippen LogP contribution in [0.25, 0.3) is 10.8 Å². The van der Waals surface area contributed by atoms with E-state index >= 15 is 0 Å². The van der Waals surface area contributed by atoms with Gasteiger partial charge in [0.25, 0.3) is 0 Å². The molecule has 2 rings (SSSR count). The predicted octanol–water partition coefficient (Wildman–Crippen LogP) is 3.78. The highest BCUT2D eigenvalue weighted by molar-refractivity contribution is 6.06. The molecule has 0 aliphatic carbocycles. The molecule has 0 bridgehead atoms. The molecular formula is C18H16O4. The zero-order valence-electron chi connectivity index (χ0n) is 12.2. The lowest BCUT2D eigenvalue weighted by molar-refractivity contribution is 0.0688. The maximum atomic E-state index is 11.4. The minimum atomic E-state index is -1.05. The van der Waals surface area contributed by atoms with E-state index in [1.54, 1.807) is 6.07 Å². The smallest absolute Gasteiger partial charge is 0.336 e. The standard InChI is InChI=1S/C18H16O4/c1-2-3-4-5-6-12-9-14-11-13(17(19)20)7-8-15(14)16(10-12)18(21)22/h7-11H,2-4H2,1H3,(H,19,20)(H,21,22). The first-order valence-corrected chi connectivity index (χ1v) is 7.06. The van der Waals surface area contributed by atoms with Crippen molar-refractivity contribution in [1.29, 1.82) is 0 Å². The Balaban J connectivity index is 2.56. The van der Waals surface area contributed by atoms with E-state index in [0.29, 0.717) is 16.3 Å². The summed E-state index contributed by atoms with van der Waals surface area (Å²) >= 11 is 0. The number of unbranched alkanes of at least 4 members (excludes halogenated alkanes) is 2. The van der Waals surface area contributed by atoms with Gasteiger partial charge < -0.3 is 10.2 Å². The van der Waals surface area contributed by atoms with Gasteiger partial charge in [0.1, 0.15) is 0 Å². The van der Waals surface area contributed by atoms with Gasteiger partial charge in [-0.3, -0.25) is 0 Å². The van der Waals surface area contributed by atoms with Gasteiger partial charge in [0, 0.05) is 12.0 Å². The molecule has 0 amide bonds. The number of fused-ring (bicyclic) bond motifs is 1.